The number of ketones is 1. The number of aliphatic carboxylic acids is 1. The number of hydrogen-bond acceptors (Lipinski definition) is 4. The molecule has 4 N–H and O–H groups in total. The van der Waals surface area contributed by atoms with Crippen molar-refractivity contribution in [2.45, 2.75) is 89.7 Å². The van der Waals surface area contributed by atoms with E-state index in [1.807, 2.05) is 0 Å². The van der Waals surface area contributed by atoms with E-state index in [0.29, 0.717) is 6.42 Å². The van der Waals surface area contributed by atoms with Crippen molar-refractivity contribution >= 4 is 11.8 Å². The quantitative estimate of drug-likeness (QED) is 0.302. The molecule has 0 heterocycles. The number of aliphatic hydroxyl groups is 1. The second-order valence-electron chi connectivity index (χ2n) is 5.75. The second-order valence-corrected chi connectivity index (χ2v) is 5.75. The molecule has 0 aliphatic heterocycles. The molecule has 6 heteroatoms. The van der Waals surface area contributed by atoms with Gasteiger partial charge in [0.15, 0.2) is 0 Å². The van der Waals surface area contributed by atoms with E-state index in [-0.39, 0.29) is 43.2 Å². The predicted molar refractivity (Wildman–Crippen MR) is 84.2 cm³/mol. The summed E-state index contributed by atoms with van der Waals surface area (Å²) in [5.41, 5.74) is 5.25. The first-order valence-electron chi connectivity index (χ1n) is 8.17. The Morgan fingerprint density at radius 3 is 1.91 bits per heavy atom. The summed E-state index contributed by atoms with van der Waals surface area (Å²) in [7, 11) is 0. The summed E-state index contributed by atoms with van der Waals surface area (Å²) in [6, 6.07) is -1.38. The largest absolute Gasteiger partial charge is 1.00 e. The summed E-state index contributed by atoms with van der Waals surface area (Å²) in [5, 5.41) is 18.1. The molecule has 0 saturated heterocycles. The Labute approximate surface area is 157 Å². The predicted octanol–water partition coefficient (Wildman–Crippen LogP) is -0.244. The Kier molecular flexibility index (Phi) is 17.6. The number of rotatable bonds is 14. The molecular weight excluding hydrogens is 293 g/mol. The molecule has 0 radical (unpaired) electrons. The van der Waals surface area contributed by atoms with Crippen molar-refractivity contribution < 1.29 is 50.8 Å². The fourth-order valence-corrected chi connectivity index (χ4v) is 2.26. The third kappa shape index (κ3) is 13.7. The van der Waals surface area contributed by atoms with Crippen LogP contribution in [0.3, 0.4) is 0 Å². The van der Waals surface area contributed by atoms with Crippen molar-refractivity contribution in [2.24, 2.45) is 5.73 Å². The van der Waals surface area contributed by atoms with E-state index >= 15 is 0 Å². The van der Waals surface area contributed by atoms with Crippen molar-refractivity contribution in [1.82, 2.24) is 0 Å². The van der Waals surface area contributed by atoms with Crippen molar-refractivity contribution in [3.8, 4) is 0 Å². The van der Waals surface area contributed by atoms with Gasteiger partial charge in [0, 0.05) is 12.8 Å². The Bertz CT molecular complexity index is 306. The molecule has 0 aliphatic rings. The van der Waals surface area contributed by atoms with Gasteiger partial charge in [0.2, 0.25) is 0 Å². The van der Waals surface area contributed by atoms with E-state index < -0.39 is 18.1 Å². The number of carboxylic acid groups (broad SMARTS) is 1. The molecule has 0 aromatic carbocycles. The van der Waals surface area contributed by atoms with E-state index in [2.05, 4.69) is 6.92 Å². The molecule has 0 fully saturated rings. The maximum absolute atomic E-state index is 11.6. The normalized spacial score (nSPS) is 13.2. The summed E-state index contributed by atoms with van der Waals surface area (Å²) in [6.45, 7) is 2.21. The van der Waals surface area contributed by atoms with Crippen LogP contribution in [0.5, 0.6) is 0 Å². The van der Waals surface area contributed by atoms with Crippen LogP contribution in [0.4, 0.5) is 0 Å². The van der Waals surface area contributed by atoms with Gasteiger partial charge in [-0.15, -0.1) is 0 Å². The minimum Gasteiger partial charge on any atom is -1.00 e. The molecule has 0 bridgehead atoms. The standard InChI is InChI=1S/C16H31NO4.Na.H/c1-2-3-4-5-6-7-8-9-10-11-13(18)12-14(19)15(17)16(20)21;;/h14-15,19H,2-12,17H2,1H3,(H,20,21);;/q;+1;-1/t14-,15+;;/m1../s1. The smallest absolute Gasteiger partial charge is 1.00 e. The van der Waals surface area contributed by atoms with Crippen molar-refractivity contribution in [2.75, 3.05) is 0 Å². The number of carboxylic acids is 1. The van der Waals surface area contributed by atoms with Crippen LogP contribution in [0.1, 0.15) is 79.0 Å². The van der Waals surface area contributed by atoms with Crippen molar-refractivity contribution in [3.63, 3.8) is 0 Å². The number of hydrogen-bond donors (Lipinski definition) is 3. The summed E-state index contributed by atoms with van der Waals surface area (Å²) in [5.74, 6) is -1.39. The molecular formula is C16H32NNaO4. The molecule has 126 valence electrons. The van der Waals surface area contributed by atoms with Crippen LogP contribution < -0.4 is 35.3 Å². The SMILES string of the molecule is CCCCCCCCCCCC(=O)C[C@@H](O)[C@H](N)C(=O)O.[H-].[Na+]. The second kappa shape index (κ2) is 15.9. The first-order chi connectivity index (χ1) is 9.99. The van der Waals surface area contributed by atoms with Crippen LogP contribution in [0.15, 0.2) is 0 Å². The molecule has 0 saturated carbocycles. The van der Waals surface area contributed by atoms with E-state index in [1.165, 1.54) is 38.5 Å². The third-order valence-corrected chi connectivity index (χ3v) is 3.70. The van der Waals surface area contributed by atoms with Gasteiger partial charge in [-0.1, -0.05) is 58.3 Å². The van der Waals surface area contributed by atoms with E-state index in [9.17, 15) is 14.7 Å². The molecule has 0 unspecified atom stereocenters. The molecule has 2 atom stereocenters. The molecule has 22 heavy (non-hydrogen) atoms. The first-order valence-corrected chi connectivity index (χ1v) is 8.17. The van der Waals surface area contributed by atoms with Crippen LogP contribution >= 0.6 is 0 Å². The zero-order valence-corrected chi connectivity index (χ0v) is 16.2. The number of carbonyl (C=O) groups is 2. The average Bonchev–Trinajstić information content (AvgIpc) is 2.44. The molecule has 0 aromatic rings. The minimum absolute atomic E-state index is 0. The third-order valence-electron chi connectivity index (χ3n) is 3.70. The topological polar surface area (TPSA) is 101 Å². The van der Waals surface area contributed by atoms with Crippen LogP contribution in [0, 0.1) is 0 Å². The Hall–Kier alpha value is 0.0600. The zero-order valence-electron chi connectivity index (χ0n) is 15.2. The van der Waals surface area contributed by atoms with Crippen molar-refractivity contribution in [3.05, 3.63) is 0 Å². The monoisotopic (exact) mass is 325 g/mol. The van der Waals surface area contributed by atoms with Gasteiger partial charge in [-0.3, -0.25) is 9.59 Å². The summed E-state index contributed by atoms with van der Waals surface area (Å²) in [4.78, 5) is 22.1. The number of carbonyl (C=O) groups excluding carboxylic acids is 1. The van der Waals surface area contributed by atoms with E-state index in [0.717, 1.165) is 19.3 Å². The fourth-order valence-electron chi connectivity index (χ4n) is 2.26. The molecule has 0 amide bonds. The number of aliphatic hydroxyl groups excluding tert-OH is 1. The van der Waals surface area contributed by atoms with Gasteiger partial charge in [0.1, 0.15) is 11.8 Å². The summed E-state index contributed by atoms with van der Waals surface area (Å²) in [6.07, 6.45) is 9.58. The van der Waals surface area contributed by atoms with Gasteiger partial charge in [0.05, 0.1) is 6.10 Å². The maximum atomic E-state index is 11.6. The molecule has 0 spiro atoms. The van der Waals surface area contributed by atoms with Gasteiger partial charge in [0.25, 0.3) is 0 Å². The zero-order chi connectivity index (χ0) is 16.1. The van der Waals surface area contributed by atoms with Gasteiger partial charge in [-0.05, 0) is 6.42 Å². The van der Waals surface area contributed by atoms with Gasteiger partial charge in [-0.2, -0.15) is 0 Å². The van der Waals surface area contributed by atoms with Gasteiger partial charge < -0.3 is 17.4 Å². The fraction of sp³-hybridized carbons (Fsp3) is 0.875. The van der Waals surface area contributed by atoms with Crippen LogP contribution in [0.25, 0.3) is 0 Å². The summed E-state index contributed by atoms with van der Waals surface area (Å²) >= 11 is 0. The maximum Gasteiger partial charge on any atom is 1.00 e. The average molecular weight is 325 g/mol. The van der Waals surface area contributed by atoms with Crippen LogP contribution in [-0.4, -0.2) is 34.1 Å². The first kappa shape index (κ1) is 24.3. The van der Waals surface area contributed by atoms with E-state index in [1.54, 1.807) is 0 Å². The summed E-state index contributed by atoms with van der Waals surface area (Å²) < 4.78 is 0. The minimum atomic E-state index is -1.38. The Morgan fingerprint density at radius 2 is 1.45 bits per heavy atom. The number of nitrogens with two attached hydrogens (primary N) is 1. The Morgan fingerprint density at radius 1 is 1.00 bits per heavy atom. The van der Waals surface area contributed by atoms with Crippen molar-refractivity contribution in [1.29, 1.82) is 0 Å². The van der Waals surface area contributed by atoms with Gasteiger partial charge >= 0.3 is 35.5 Å². The molecule has 0 aromatic heterocycles. The molecule has 5 nitrogen and oxygen atoms in total. The van der Waals surface area contributed by atoms with Gasteiger partial charge in [-0.25, -0.2) is 0 Å². The number of Topliss-reactive ketones (excluding diaryl/α,β-unsaturated/α-hetero) is 1. The number of unbranched alkanes of at least 4 members (excludes halogenated alkanes) is 8. The van der Waals surface area contributed by atoms with Crippen LogP contribution in [-0.2, 0) is 9.59 Å². The van der Waals surface area contributed by atoms with E-state index in [4.69, 9.17) is 10.8 Å². The van der Waals surface area contributed by atoms with Crippen LogP contribution in [0.2, 0.25) is 0 Å². The molecule has 0 rings (SSSR count). The molecule has 0 aliphatic carbocycles. The Balaban J connectivity index is -0.00000200.